The zero-order valence-corrected chi connectivity index (χ0v) is 12.6. The van der Waals surface area contributed by atoms with Crippen molar-refractivity contribution in [3.8, 4) is 0 Å². The van der Waals surface area contributed by atoms with E-state index in [2.05, 4.69) is 0 Å². The Morgan fingerprint density at radius 2 is 2.00 bits per heavy atom. The lowest BCUT2D eigenvalue weighted by Gasteiger charge is -2.30. The van der Waals surface area contributed by atoms with Gasteiger partial charge in [0.05, 0.1) is 6.04 Å². The molecule has 1 saturated carbocycles. The molecule has 1 aromatic carbocycles. The van der Waals surface area contributed by atoms with E-state index >= 15 is 0 Å². The van der Waals surface area contributed by atoms with E-state index in [9.17, 15) is 4.79 Å². The van der Waals surface area contributed by atoms with Crippen LogP contribution in [0.15, 0.2) is 30.3 Å². The largest absolute Gasteiger partial charge is 0.443 e. The van der Waals surface area contributed by atoms with Crippen LogP contribution >= 0.6 is 0 Å². The molecule has 6 heteroatoms. The van der Waals surface area contributed by atoms with Gasteiger partial charge < -0.3 is 14.2 Å². The standard InChI is InChI=1S/C16H19NO5/c1-16(2)20-13-11-8-12(14(13)21-16)22-17(11)15(18)19-9-10-6-4-3-5-7-10/h3-7,11-14H,8-9H2,1-2H3/t11-,12+,13+,14-/m0/s1. The van der Waals surface area contributed by atoms with Crippen LogP contribution in [0, 0.1) is 0 Å². The average Bonchev–Trinajstić information content (AvgIpc) is 3.14. The van der Waals surface area contributed by atoms with E-state index in [4.69, 9.17) is 19.0 Å². The first kappa shape index (κ1) is 14.0. The van der Waals surface area contributed by atoms with E-state index in [1.165, 1.54) is 5.06 Å². The summed E-state index contributed by atoms with van der Waals surface area (Å²) in [5.74, 6) is -0.625. The summed E-state index contributed by atoms with van der Waals surface area (Å²) in [7, 11) is 0. The van der Waals surface area contributed by atoms with Gasteiger partial charge in [-0.15, -0.1) is 0 Å². The van der Waals surface area contributed by atoms with Gasteiger partial charge in [0.2, 0.25) is 0 Å². The topological polar surface area (TPSA) is 57.2 Å². The highest BCUT2D eigenvalue weighted by molar-refractivity contribution is 5.67. The van der Waals surface area contributed by atoms with Crippen LogP contribution in [0.5, 0.6) is 0 Å². The van der Waals surface area contributed by atoms with Gasteiger partial charge in [-0.25, -0.2) is 4.79 Å². The first-order valence-corrected chi connectivity index (χ1v) is 7.56. The number of hydrogen-bond donors (Lipinski definition) is 0. The lowest BCUT2D eigenvalue weighted by Crippen LogP contribution is -2.49. The molecule has 0 spiro atoms. The summed E-state index contributed by atoms with van der Waals surface area (Å²) in [6.07, 6.45) is -0.119. The summed E-state index contributed by atoms with van der Waals surface area (Å²) in [5.41, 5.74) is 0.944. The second-order valence-corrected chi connectivity index (χ2v) is 6.38. The minimum absolute atomic E-state index is 0.0989. The molecule has 2 bridgehead atoms. The highest BCUT2D eigenvalue weighted by Crippen LogP contribution is 2.46. The molecule has 2 heterocycles. The van der Waals surface area contributed by atoms with Gasteiger partial charge in [-0.05, 0) is 19.4 Å². The number of amides is 1. The van der Waals surface area contributed by atoms with Crippen LogP contribution in [-0.2, 0) is 25.7 Å². The van der Waals surface area contributed by atoms with Gasteiger partial charge in [0.15, 0.2) is 5.79 Å². The number of fused-ring (bicyclic) bond motifs is 5. The Hall–Kier alpha value is -1.63. The molecule has 22 heavy (non-hydrogen) atoms. The lowest BCUT2D eigenvalue weighted by atomic mass is 10.2. The van der Waals surface area contributed by atoms with Crippen LogP contribution in [0.25, 0.3) is 0 Å². The minimum atomic E-state index is -0.625. The quantitative estimate of drug-likeness (QED) is 0.838. The second-order valence-electron chi connectivity index (χ2n) is 6.38. The predicted octanol–water partition coefficient (Wildman–Crippen LogP) is 2.23. The molecule has 0 aromatic heterocycles. The maximum absolute atomic E-state index is 12.2. The van der Waals surface area contributed by atoms with E-state index in [1.54, 1.807) is 0 Å². The Balaban J connectivity index is 1.39. The van der Waals surface area contributed by atoms with Crippen molar-refractivity contribution in [2.45, 2.75) is 57.0 Å². The predicted molar refractivity (Wildman–Crippen MR) is 75.6 cm³/mol. The van der Waals surface area contributed by atoms with Gasteiger partial charge in [0, 0.05) is 6.42 Å². The summed E-state index contributed by atoms with van der Waals surface area (Å²) >= 11 is 0. The fourth-order valence-corrected chi connectivity index (χ4v) is 3.43. The maximum Gasteiger partial charge on any atom is 0.434 e. The number of ether oxygens (including phenoxy) is 3. The molecular weight excluding hydrogens is 286 g/mol. The minimum Gasteiger partial charge on any atom is -0.443 e. The maximum atomic E-state index is 12.2. The third kappa shape index (κ3) is 2.27. The molecule has 0 unspecified atom stereocenters. The molecule has 2 aliphatic heterocycles. The zero-order chi connectivity index (χ0) is 15.3. The van der Waals surface area contributed by atoms with Gasteiger partial charge in [-0.3, -0.25) is 4.84 Å². The van der Waals surface area contributed by atoms with Crippen molar-refractivity contribution >= 4 is 6.09 Å². The van der Waals surface area contributed by atoms with Crippen LogP contribution in [0.2, 0.25) is 0 Å². The Labute approximate surface area is 128 Å². The van der Waals surface area contributed by atoms with E-state index in [1.807, 2.05) is 44.2 Å². The third-order valence-corrected chi connectivity index (χ3v) is 4.32. The summed E-state index contributed by atoms with van der Waals surface area (Å²) in [5, 5.41) is 1.32. The van der Waals surface area contributed by atoms with Gasteiger partial charge >= 0.3 is 6.09 Å². The molecular formula is C16H19NO5. The van der Waals surface area contributed by atoms with Crippen LogP contribution in [0.4, 0.5) is 4.79 Å². The SMILES string of the molecule is CC1(C)O[C@@H]2[C@H](O1)[C@@H]1C[C@H]2ON1C(=O)OCc1ccccc1. The first-order chi connectivity index (χ1) is 10.5. The number of benzene rings is 1. The van der Waals surface area contributed by atoms with Crippen molar-refractivity contribution in [1.29, 1.82) is 0 Å². The molecule has 118 valence electrons. The fourth-order valence-electron chi connectivity index (χ4n) is 3.43. The molecule has 4 atom stereocenters. The molecule has 3 fully saturated rings. The van der Waals surface area contributed by atoms with Crippen LogP contribution in [-0.4, -0.2) is 41.3 Å². The smallest absolute Gasteiger partial charge is 0.434 e. The van der Waals surface area contributed by atoms with Crippen molar-refractivity contribution in [3.05, 3.63) is 35.9 Å². The Bertz CT molecular complexity index is 575. The molecule has 2 saturated heterocycles. The highest BCUT2D eigenvalue weighted by atomic mass is 16.8. The molecule has 1 aliphatic carbocycles. The average molecular weight is 305 g/mol. The number of hydroxylamine groups is 2. The summed E-state index contributed by atoms with van der Waals surface area (Å²) in [6.45, 7) is 3.99. The van der Waals surface area contributed by atoms with Crippen molar-refractivity contribution in [2.75, 3.05) is 0 Å². The third-order valence-electron chi connectivity index (χ3n) is 4.32. The number of nitrogens with zero attached hydrogens (tertiary/aromatic N) is 1. The van der Waals surface area contributed by atoms with Gasteiger partial charge in [-0.1, -0.05) is 30.3 Å². The van der Waals surface area contributed by atoms with E-state index in [0.717, 1.165) is 12.0 Å². The number of carbonyl (C=O) groups excluding carboxylic acids is 1. The fraction of sp³-hybridized carbons (Fsp3) is 0.562. The summed E-state index contributed by atoms with van der Waals surface area (Å²) in [6, 6.07) is 9.43. The monoisotopic (exact) mass is 305 g/mol. The number of rotatable bonds is 2. The first-order valence-electron chi connectivity index (χ1n) is 7.56. The Kier molecular flexibility index (Phi) is 3.14. The lowest BCUT2D eigenvalue weighted by molar-refractivity contribution is -0.202. The van der Waals surface area contributed by atoms with Gasteiger partial charge in [0.25, 0.3) is 0 Å². The normalized spacial score (nSPS) is 34.7. The van der Waals surface area contributed by atoms with Gasteiger partial charge in [-0.2, -0.15) is 5.06 Å². The molecule has 6 nitrogen and oxygen atoms in total. The van der Waals surface area contributed by atoms with E-state index in [-0.39, 0.29) is 31.0 Å². The molecule has 0 N–H and O–H groups in total. The van der Waals surface area contributed by atoms with E-state index < -0.39 is 11.9 Å². The van der Waals surface area contributed by atoms with Crippen molar-refractivity contribution in [2.24, 2.45) is 0 Å². The van der Waals surface area contributed by atoms with Crippen LogP contribution in [0.1, 0.15) is 25.8 Å². The van der Waals surface area contributed by atoms with Gasteiger partial charge in [0.1, 0.15) is 24.9 Å². The highest BCUT2D eigenvalue weighted by Gasteiger charge is 2.62. The second kappa shape index (κ2) is 4.94. The molecule has 3 aliphatic rings. The molecule has 1 aromatic rings. The van der Waals surface area contributed by atoms with Crippen molar-refractivity contribution in [1.82, 2.24) is 5.06 Å². The Morgan fingerprint density at radius 1 is 1.27 bits per heavy atom. The summed E-state index contributed by atoms with van der Waals surface area (Å²) < 4.78 is 17.1. The van der Waals surface area contributed by atoms with Crippen molar-refractivity contribution in [3.63, 3.8) is 0 Å². The number of hydrogen-bond acceptors (Lipinski definition) is 5. The number of carbonyl (C=O) groups is 1. The van der Waals surface area contributed by atoms with Crippen LogP contribution in [0.3, 0.4) is 0 Å². The molecule has 0 radical (unpaired) electrons. The van der Waals surface area contributed by atoms with Crippen LogP contribution < -0.4 is 0 Å². The zero-order valence-electron chi connectivity index (χ0n) is 12.6. The summed E-state index contributed by atoms with van der Waals surface area (Å²) in [4.78, 5) is 17.9. The Morgan fingerprint density at radius 3 is 2.77 bits per heavy atom. The van der Waals surface area contributed by atoms with Crippen molar-refractivity contribution < 1.29 is 23.8 Å². The molecule has 1 amide bonds. The van der Waals surface area contributed by atoms with E-state index in [0.29, 0.717) is 0 Å². The molecule has 4 rings (SSSR count).